The Morgan fingerprint density at radius 3 is 2.32 bits per heavy atom. The largest absolute Gasteiger partial charge is 0.479 e. The van der Waals surface area contributed by atoms with Crippen molar-refractivity contribution in [3.8, 4) is 11.1 Å². The Balaban J connectivity index is 1.52. The van der Waals surface area contributed by atoms with Gasteiger partial charge in [-0.15, -0.1) is 0 Å². The summed E-state index contributed by atoms with van der Waals surface area (Å²) in [5, 5.41) is 13.3. The molecule has 4 rings (SSSR count). The van der Waals surface area contributed by atoms with Gasteiger partial charge in [-0.05, 0) is 95.1 Å². The second-order valence-corrected chi connectivity index (χ2v) is 12.0. The number of carboxylic acids is 1. The molecule has 0 aromatic heterocycles. The molecular formula is C33H43NO3. The van der Waals surface area contributed by atoms with Crippen LogP contribution >= 0.6 is 0 Å². The van der Waals surface area contributed by atoms with Crippen molar-refractivity contribution in [1.82, 2.24) is 5.32 Å². The molecule has 2 aromatic rings. The average molecular weight is 502 g/mol. The fourth-order valence-corrected chi connectivity index (χ4v) is 5.56. The lowest BCUT2D eigenvalue weighted by molar-refractivity contribution is -0.159. The molecule has 0 heterocycles. The van der Waals surface area contributed by atoms with E-state index in [1.54, 1.807) is 6.08 Å². The molecule has 4 nitrogen and oxygen atoms in total. The molecule has 198 valence electrons. The quantitative estimate of drug-likeness (QED) is 0.336. The number of benzene rings is 2. The molecule has 2 aliphatic carbocycles. The molecule has 0 aliphatic heterocycles. The second-order valence-electron chi connectivity index (χ2n) is 12.0. The summed E-state index contributed by atoms with van der Waals surface area (Å²) in [5.74, 6) is -0.936. The van der Waals surface area contributed by atoms with Crippen molar-refractivity contribution in [3.63, 3.8) is 0 Å². The number of carbonyl (C=O) groups is 1. The third-order valence-electron chi connectivity index (χ3n) is 8.19. The van der Waals surface area contributed by atoms with Crippen LogP contribution in [-0.4, -0.2) is 36.4 Å². The minimum Gasteiger partial charge on any atom is -0.479 e. The van der Waals surface area contributed by atoms with Gasteiger partial charge in [0.1, 0.15) is 0 Å². The zero-order chi connectivity index (χ0) is 26.7. The van der Waals surface area contributed by atoms with E-state index in [9.17, 15) is 9.90 Å². The first-order valence-electron chi connectivity index (χ1n) is 13.8. The fourth-order valence-electron chi connectivity index (χ4n) is 5.56. The fraction of sp³-hybridized carbons (Fsp3) is 0.485. The molecule has 0 saturated carbocycles. The number of aliphatic carboxylic acids is 1. The molecule has 0 spiro atoms. The Morgan fingerprint density at radius 1 is 0.946 bits per heavy atom. The summed E-state index contributed by atoms with van der Waals surface area (Å²) in [5.41, 5.74) is 6.53. The highest BCUT2D eigenvalue weighted by Gasteiger charge is 2.38. The Kier molecular flexibility index (Phi) is 8.11. The molecule has 4 heteroatoms. The summed E-state index contributed by atoms with van der Waals surface area (Å²) >= 11 is 0. The van der Waals surface area contributed by atoms with Crippen LogP contribution in [0.15, 0.2) is 60.7 Å². The molecule has 0 fully saturated rings. The summed E-state index contributed by atoms with van der Waals surface area (Å²) in [4.78, 5) is 12.1. The first kappa shape index (κ1) is 27.3. The first-order chi connectivity index (χ1) is 17.6. The predicted octanol–water partition coefficient (Wildman–Crippen LogP) is 7.28. The van der Waals surface area contributed by atoms with Crippen LogP contribution in [0.3, 0.4) is 0 Å². The molecule has 1 atom stereocenters. The van der Waals surface area contributed by atoms with Gasteiger partial charge < -0.3 is 15.2 Å². The average Bonchev–Trinajstić information content (AvgIpc) is 2.89. The number of ether oxygens (including phenoxy) is 1. The lowest BCUT2D eigenvalue weighted by Crippen LogP contribution is -2.40. The van der Waals surface area contributed by atoms with E-state index in [1.807, 2.05) is 12.2 Å². The van der Waals surface area contributed by atoms with Crippen LogP contribution in [-0.2, 0) is 20.4 Å². The summed E-state index contributed by atoms with van der Waals surface area (Å²) in [6.45, 7) is 13.8. The highest BCUT2D eigenvalue weighted by Crippen LogP contribution is 2.47. The lowest BCUT2D eigenvalue weighted by Gasteiger charge is -2.42. The van der Waals surface area contributed by atoms with Gasteiger partial charge in [-0.2, -0.15) is 0 Å². The summed E-state index contributed by atoms with van der Waals surface area (Å²) < 4.78 is 5.91. The SMILES string of the molecule is CCCNCCCOC1(C(=O)O)C=CC(c2cccc(-c3ccc4c(c3)C(C)(C)CCC4(C)C)c2)=CC1. The second kappa shape index (κ2) is 11.0. The zero-order valence-electron chi connectivity index (χ0n) is 23.2. The van der Waals surface area contributed by atoms with E-state index in [4.69, 9.17) is 4.74 Å². The molecule has 0 amide bonds. The minimum absolute atomic E-state index is 0.166. The third-order valence-corrected chi connectivity index (χ3v) is 8.19. The first-order valence-corrected chi connectivity index (χ1v) is 13.8. The van der Waals surface area contributed by atoms with E-state index in [2.05, 4.69) is 82.4 Å². The van der Waals surface area contributed by atoms with Crippen LogP contribution in [0.25, 0.3) is 16.7 Å². The highest BCUT2D eigenvalue weighted by molar-refractivity contribution is 5.86. The normalized spacial score (nSPS) is 21.8. The monoisotopic (exact) mass is 501 g/mol. The lowest BCUT2D eigenvalue weighted by atomic mass is 9.63. The van der Waals surface area contributed by atoms with Crippen molar-refractivity contribution in [1.29, 1.82) is 0 Å². The smallest absolute Gasteiger partial charge is 0.340 e. The number of hydrogen-bond donors (Lipinski definition) is 2. The van der Waals surface area contributed by atoms with Gasteiger partial charge in [-0.3, -0.25) is 0 Å². The van der Waals surface area contributed by atoms with Crippen LogP contribution in [0, 0.1) is 0 Å². The van der Waals surface area contributed by atoms with Gasteiger partial charge in [0.05, 0.1) is 0 Å². The van der Waals surface area contributed by atoms with Crippen molar-refractivity contribution < 1.29 is 14.6 Å². The molecule has 0 radical (unpaired) electrons. The minimum atomic E-state index is -1.29. The van der Waals surface area contributed by atoms with E-state index in [0.717, 1.165) is 37.1 Å². The standard InChI is InChI=1S/C33H43NO3/c1-6-19-34-20-8-21-37-33(30(35)36)15-13-24(14-16-33)25-9-7-10-26(22-25)27-11-12-28-29(23-27)32(4,5)18-17-31(28,2)3/h7,9-15,22-23,34H,6,8,16-21H2,1-5H3,(H,35,36). The van der Waals surface area contributed by atoms with Crippen molar-refractivity contribution >= 4 is 11.5 Å². The highest BCUT2D eigenvalue weighted by atomic mass is 16.5. The number of allylic oxidation sites excluding steroid dienone is 2. The van der Waals surface area contributed by atoms with Gasteiger partial charge in [0.2, 0.25) is 0 Å². The topological polar surface area (TPSA) is 58.6 Å². The van der Waals surface area contributed by atoms with Crippen molar-refractivity contribution in [3.05, 3.63) is 77.4 Å². The third kappa shape index (κ3) is 5.91. The Hall–Kier alpha value is -2.69. The van der Waals surface area contributed by atoms with Crippen LogP contribution < -0.4 is 5.32 Å². The van der Waals surface area contributed by atoms with Crippen molar-refractivity contribution in [2.24, 2.45) is 0 Å². The molecule has 1 unspecified atom stereocenters. The molecule has 2 aliphatic rings. The maximum absolute atomic E-state index is 12.1. The molecule has 0 saturated heterocycles. The van der Waals surface area contributed by atoms with Gasteiger partial charge in [0.15, 0.2) is 5.60 Å². The Bertz CT molecular complexity index is 1190. The maximum atomic E-state index is 12.1. The van der Waals surface area contributed by atoms with Crippen molar-refractivity contribution in [2.75, 3.05) is 19.7 Å². The number of fused-ring (bicyclic) bond motifs is 1. The van der Waals surface area contributed by atoms with E-state index < -0.39 is 11.6 Å². The molecule has 2 aromatic carbocycles. The zero-order valence-corrected chi connectivity index (χ0v) is 23.2. The number of carboxylic acid groups (broad SMARTS) is 1. The van der Waals surface area contributed by atoms with Crippen LogP contribution in [0.4, 0.5) is 0 Å². The maximum Gasteiger partial charge on any atom is 0.340 e. The Morgan fingerprint density at radius 2 is 1.65 bits per heavy atom. The van der Waals surface area contributed by atoms with Gasteiger partial charge in [0, 0.05) is 13.0 Å². The van der Waals surface area contributed by atoms with Gasteiger partial charge in [-0.25, -0.2) is 4.79 Å². The summed E-state index contributed by atoms with van der Waals surface area (Å²) in [6, 6.07) is 15.5. The van der Waals surface area contributed by atoms with E-state index in [0.29, 0.717) is 13.0 Å². The van der Waals surface area contributed by atoms with Crippen LogP contribution in [0.1, 0.15) is 83.4 Å². The van der Waals surface area contributed by atoms with Gasteiger partial charge in [-0.1, -0.05) is 83.2 Å². The summed E-state index contributed by atoms with van der Waals surface area (Å²) in [7, 11) is 0. The molecular weight excluding hydrogens is 458 g/mol. The van der Waals surface area contributed by atoms with E-state index >= 15 is 0 Å². The number of hydrogen-bond acceptors (Lipinski definition) is 3. The number of nitrogens with one attached hydrogen (secondary N) is 1. The van der Waals surface area contributed by atoms with Crippen molar-refractivity contribution in [2.45, 2.75) is 83.2 Å². The Labute approximate surface area is 222 Å². The number of rotatable bonds is 10. The van der Waals surface area contributed by atoms with E-state index in [1.165, 1.54) is 35.1 Å². The molecule has 0 bridgehead atoms. The van der Waals surface area contributed by atoms with E-state index in [-0.39, 0.29) is 10.8 Å². The van der Waals surface area contributed by atoms with Gasteiger partial charge in [0.25, 0.3) is 0 Å². The summed E-state index contributed by atoms with van der Waals surface area (Å²) in [6.07, 6.45) is 10.2. The molecule has 2 N–H and O–H groups in total. The van der Waals surface area contributed by atoms with Gasteiger partial charge >= 0.3 is 5.97 Å². The predicted molar refractivity (Wildman–Crippen MR) is 153 cm³/mol. The van der Waals surface area contributed by atoms with Crippen LogP contribution in [0.2, 0.25) is 0 Å². The molecule has 37 heavy (non-hydrogen) atoms. The van der Waals surface area contributed by atoms with Crippen LogP contribution in [0.5, 0.6) is 0 Å².